The molecule has 2 rings (SSSR count). The van der Waals surface area contributed by atoms with Crippen LogP contribution in [0.5, 0.6) is 5.75 Å². The minimum absolute atomic E-state index is 0.0772. The van der Waals surface area contributed by atoms with Crippen LogP contribution in [0.2, 0.25) is 0 Å². The summed E-state index contributed by atoms with van der Waals surface area (Å²) in [7, 11) is 4.22. The standard InChI is InChI=1S/C17H28N4O2/c1-14(23-16-7-5-4-6-8-16)11-18-17(22)19-12-15-13-20(2)9-10-21(15)3/h4-8,14-15H,9-13H2,1-3H3,(H2,18,19,22)/t14-,15-/m0/s1. The molecule has 2 atom stereocenters. The summed E-state index contributed by atoms with van der Waals surface area (Å²) in [6.45, 7) is 6.16. The van der Waals surface area contributed by atoms with Crippen LogP contribution in [-0.2, 0) is 0 Å². The maximum absolute atomic E-state index is 11.9. The summed E-state index contributed by atoms with van der Waals surface area (Å²) in [5.41, 5.74) is 0. The summed E-state index contributed by atoms with van der Waals surface area (Å²) >= 11 is 0. The summed E-state index contributed by atoms with van der Waals surface area (Å²) < 4.78 is 5.73. The molecular formula is C17H28N4O2. The van der Waals surface area contributed by atoms with Gasteiger partial charge in [0.15, 0.2) is 0 Å². The summed E-state index contributed by atoms with van der Waals surface area (Å²) in [5, 5.41) is 5.81. The Kier molecular flexibility index (Phi) is 6.67. The Labute approximate surface area is 138 Å². The quantitative estimate of drug-likeness (QED) is 0.821. The molecule has 1 aliphatic rings. The van der Waals surface area contributed by atoms with E-state index in [1.165, 1.54) is 0 Å². The molecule has 1 fully saturated rings. The number of ether oxygens (including phenoxy) is 1. The van der Waals surface area contributed by atoms with E-state index in [0.29, 0.717) is 19.1 Å². The number of likely N-dealkylation sites (N-methyl/N-ethyl adjacent to an activating group) is 2. The first-order chi connectivity index (χ1) is 11.0. The van der Waals surface area contributed by atoms with E-state index in [9.17, 15) is 4.79 Å². The van der Waals surface area contributed by atoms with Gasteiger partial charge >= 0.3 is 6.03 Å². The predicted molar refractivity (Wildman–Crippen MR) is 91.8 cm³/mol. The molecule has 23 heavy (non-hydrogen) atoms. The van der Waals surface area contributed by atoms with Crippen LogP contribution in [0.3, 0.4) is 0 Å². The summed E-state index contributed by atoms with van der Waals surface area (Å²) in [5.74, 6) is 0.814. The number of para-hydroxylation sites is 1. The second kappa shape index (κ2) is 8.74. The Morgan fingerprint density at radius 1 is 1.26 bits per heavy atom. The van der Waals surface area contributed by atoms with Crippen LogP contribution in [0.25, 0.3) is 0 Å². The first-order valence-electron chi connectivity index (χ1n) is 8.17. The third-order valence-corrected chi connectivity index (χ3v) is 4.11. The van der Waals surface area contributed by atoms with E-state index in [1.807, 2.05) is 37.3 Å². The lowest BCUT2D eigenvalue weighted by molar-refractivity contribution is 0.114. The Hall–Kier alpha value is -1.79. The number of urea groups is 1. The van der Waals surface area contributed by atoms with E-state index in [0.717, 1.165) is 25.4 Å². The van der Waals surface area contributed by atoms with Gasteiger partial charge in [0, 0.05) is 32.2 Å². The van der Waals surface area contributed by atoms with Gasteiger partial charge in [0.25, 0.3) is 0 Å². The average molecular weight is 320 g/mol. The molecule has 0 aliphatic carbocycles. The van der Waals surface area contributed by atoms with Gasteiger partial charge in [-0.3, -0.25) is 4.90 Å². The van der Waals surface area contributed by atoms with Crippen molar-refractivity contribution in [2.75, 3.05) is 46.8 Å². The van der Waals surface area contributed by atoms with Gasteiger partial charge in [-0.15, -0.1) is 0 Å². The van der Waals surface area contributed by atoms with E-state index < -0.39 is 0 Å². The number of nitrogens with zero attached hydrogens (tertiary/aromatic N) is 2. The zero-order valence-corrected chi connectivity index (χ0v) is 14.3. The average Bonchev–Trinajstić information content (AvgIpc) is 2.54. The predicted octanol–water partition coefficient (Wildman–Crippen LogP) is 0.999. The Bertz CT molecular complexity index is 483. The van der Waals surface area contributed by atoms with Crippen molar-refractivity contribution in [1.82, 2.24) is 20.4 Å². The van der Waals surface area contributed by atoms with Crippen LogP contribution >= 0.6 is 0 Å². The lowest BCUT2D eigenvalue weighted by atomic mass is 10.2. The van der Waals surface area contributed by atoms with Gasteiger partial charge in [0.1, 0.15) is 11.9 Å². The topological polar surface area (TPSA) is 56.8 Å². The van der Waals surface area contributed by atoms with Gasteiger partial charge in [-0.1, -0.05) is 18.2 Å². The molecule has 0 radical (unpaired) electrons. The van der Waals surface area contributed by atoms with Crippen LogP contribution in [0, 0.1) is 0 Å². The minimum atomic E-state index is -0.143. The number of rotatable bonds is 6. The van der Waals surface area contributed by atoms with Crippen LogP contribution in [0.15, 0.2) is 30.3 Å². The largest absolute Gasteiger partial charge is 0.489 e. The number of piperazine rings is 1. The number of nitrogens with one attached hydrogen (secondary N) is 2. The molecule has 0 spiro atoms. The van der Waals surface area contributed by atoms with E-state index in [1.54, 1.807) is 0 Å². The van der Waals surface area contributed by atoms with E-state index in [4.69, 9.17) is 4.74 Å². The van der Waals surface area contributed by atoms with Crippen molar-refractivity contribution < 1.29 is 9.53 Å². The third kappa shape index (κ3) is 6.08. The van der Waals surface area contributed by atoms with Crippen molar-refractivity contribution in [2.45, 2.75) is 19.1 Å². The third-order valence-electron chi connectivity index (χ3n) is 4.11. The SMILES string of the molecule is C[C@@H](CNC(=O)NC[C@H]1CN(C)CCN1C)Oc1ccccc1. The highest BCUT2D eigenvalue weighted by Crippen LogP contribution is 2.10. The molecule has 1 aromatic rings. The fraction of sp³-hybridized carbons (Fsp3) is 0.588. The molecule has 1 heterocycles. The molecule has 6 heteroatoms. The summed E-state index contributed by atoms with van der Waals surface area (Å²) in [6.07, 6.45) is -0.0772. The van der Waals surface area contributed by atoms with Crippen LogP contribution in [0.1, 0.15) is 6.92 Å². The molecule has 0 bridgehead atoms. The monoisotopic (exact) mass is 320 g/mol. The van der Waals surface area contributed by atoms with Crippen molar-refractivity contribution in [3.8, 4) is 5.75 Å². The summed E-state index contributed by atoms with van der Waals surface area (Å²) in [4.78, 5) is 16.5. The van der Waals surface area contributed by atoms with Crippen molar-refractivity contribution in [1.29, 1.82) is 0 Å². The molecule has 128 valence electrons. The molecule has 6 nitrogen and oxygen atoms in total. The molecule has 1 saturated heterocycles. The van der Waals surface area contributed by atoms with Gasteiger partial charge in [0.05, 0.1) is 6.54 Å². The molecule has 0 saturated carbocycles. The van der Waals surface area contributed by atoms with Crippen molar-refractivity contribution in [2.24, 2.45) is 0 Å². The van der Waals surface area contributed by atoms with Crippen molar-refractivity contribution in [3.05, 3.63) is 30.3 Å². The van der Waals surface area contributed by atoms with Crippen LogP contribution < -0.4 is 15.4 Å². The highest BCUT2D eigenvalue weighted by Gasteiger charge is 2.22. The van der Waals surface area contributed by atoms with Gasteiger partial charge in [-0.25, -0.2) is 4.79 Å². The number of hydrogen-bond acceptors (Lipinski definition) is 4. The number of hydrogen-bond donors (Lipinski definition) is 2. The lowest BCUT2D eigenvalue weighted by Gasteiger charge is -2.37. The molecule has 0 aromatic heterocycles. The smallest absolute Gasteiger partial charge is 0.314 e. The van der Waals surface area contributed by atoms with Crippen LogP contribution in [-0.4, -0.2) is 74.8 Å². The van der Waals surface area contributed by atoms with Gasteiger partial charge in [0.2, 0.25) is 0 Å². The molecular weight excluding hydrogens is 292 g/mol. The van der Waals surface area contributed by atoms with Gasteiger partial charge in [-0.2, -0.15) is 0 Å². The Balaban J connectivity index is 1.64. The number of benzene rings is 1. The van der Waals surface area contributed by atoms with Crippen LogP contribution in [0.4, 0.5) is 4.79 Å². The summed E-state index contributed by atoms with van der Waals surface area (Å²) in [6, 6.07) is 9.84. The fourth-order valence-electron chi connectivity index (χ4n) is 2.60. The Morgan fingerprint density at radius 3 is 2.74 bits per heavy atom. The zero-order chi connectivity index (χ0) is 16.7. The maximum atomic E-state index is 11.9. The van der Waals surface area contributed by atoms with Crippen molar-refractivity contribution >= 4 is 6.03 Å². The van der Waals surface area contributed by atoms with Gasteiger partial charge < -0.3 is 20.3 Å². The second-order valence-electron chi connectivity index (χ2n) is 6.23. The zero-order valence-electron chi connectivity index (χ0n) is 14.3. The number of amides is 2. The Morgan fingerprint density at radius 2 is 2.00 bits per heavy atom. The lowest BCUT2D eigenvalue weighted by Crippen LogP contribution is -2.55. The molecule has 2 amide bonds. The van der Waals surface area contributed by atoms with E-state index >= 15 is 0 Å². The molecule has 1 aromatic carbocycles. The second-order valence-corrected chi connectivity index (χ2v) is 6.23. The number of carbonyl (C=O) groups excluding carboxylic acids is 1. The molecule has 1 aliphatic heterocycles. The molecule has 2 N–H and O–H groups in total. The maximum Gasteiger partial charge on any atom is 0.314 e. The minimum Gasteiger partial charge on any atom is -0.489 e. The number of carbonyl (C=O) groups is 1. The van der Waals surface area contributed by atoms with Gasteiger partial charge in [-0.05, 0) is 33.2 Å². The molecule has 0 unspecified atom stereocenters. The normalized spacial score (nSPS) is 20.7. The highest BCUT2D eigenvalue weighted by molar-refractivity contribution is 5.73. The fourth-order valence-corrected chi connectivity index (χ4v) is 2.60. The van der Waals surface area contributed by atoms with Crippen molar-refractivity contribution in [3.63, 3.8) is 0 Å². The first-order valence-corrected chi connectivity index (χ1v) is 8.17. The van der Waals surface area contributed by atoms with E-state index in [-0.39, 0.29) is 12.1 Å². The highest BCUT2D eigenvalue weighted by atomic mass is 16.5. The van der Waals surface area contributed by atoms with E-state index in [2.05, 4.69) is 34.5 Å². The first kappa shape index (κ1) is 17.6.